The van der Waals surface area contributed by atoms with Crippen LogP contribution in [-0.4, -0.2) is 12.6 Å². The normalized spacial score (nSPS) is 17.9. The third-order valence-corrected chi connectivity index (χ3v) is 3.94. The standard InChI is InChI=1S/C17H27NO/c1-13(2)19-17-11-7-6-10-16(17)14(3)18-12-15-8-4-5-9-15/h6-7,10-11,13-15,18H,4-5,8-9,12H2,1-3H3. The first-order chi connectivity index (χ1) is 9.16. The summed E-state index contributed by atoms with van der Waals surface area (Å²) in [6.07, 6.45) is 5.83. The Morgan fingerprint density at radius 1 is 1.16 bits per heavy atom. The Hall–Kier alpha value is -1.02. The van der Waals surface area contributed by atoms with Crippen LogP contribution in [0.2, 0.25) is 0 Å². The fourth-order valence-corrected chi connectivity index (χ4v) is 2.87. The van der Waals surface area contributed by atoms with Crippen LogP contribution in [0.4, 0.5) is 0 Å². The first-order valence-corrected chi connectivity index (χ1v) is 7.65. The van der Waals surface area contributed by atoms with Crippen LogP contribution in [0.5, 0.6) is 5.75 Å². The fraction of sp³-hybridized carbons (Fsp3) is 0.647. The minimum absolute atomic E-state index is 0.225. The predicted octanol–water partition coefficient (Wildman–Crippen LogP) is 4.31. The number of para-hydroxylation sites is 1. The summed E-state index contributed by atoms with van der Waals surface area (Å²) in [7, 11) is 0. The van der Waals surface area contributed by atoms with Crippen molar-refractivity contribution >= 4 is 0 Å². The van der Waals surface area contributed by atoms with Crippen LogP contribution < -0.4 is 10.1 Å². The number of hydrogen-bond acceptors (Lipinski definition) is 2. The van der Waals surface area contributed by atoms with Gasteiger partial charge in [-0.1, -0.05) is 31.0 Å². The van der Waals surface area contributed by atoms with Crippen molar-refractivity contribution < 1.29 is 4.74 Å². The third-order valence-electron chi connectivity index (χ3n) is 3.94. The highest BCUT2D eigenvalue weighted by Gasteiger charge is 2.17. The van der Waals surface area contributed by atoms with Gasteiger partial charge in [-0.2, -0.15) is 0 Å². The Morgan fingerprint density at radius 3 is 2.53 bits per heavy atom. The Morgan fingerprint density at radius 2 is 1.84 bits per heavy atom. The summed E-state index contributed by atoms with van der Waals surface area (Å²) >= 11 is 0. The molecule has 0 amide bonds. The lowest BCUT2D eigenvalue weighted by Gasteiger charge is -2.21. The van der Waals surface area contributed by atoms with Gasteiger partial charge in [0.25, 0.3) is 0 Å². The molecule has 1 N–H and O–H groups in total. The van der Waals surface area contributed by atoms with Gasteiger partial charge in [0.05, 0.1) is 6.10 Å². The van der Waals surface area contributed by atoms with Gasteiger partial charge in [-0.05, 0) is 52.1 Å². The predicted molar refractivity (Wildman–Crippen MR) is 80.6 cm³/mol. The van der Waals surface area contributed by atoms with Crippen molar-refractivity contribution in [2.45, 2.75) is 58.6 Å². The van der Waals surface area contributed by atoms with E-state index in [1.54, 1.807) is 0 Å². The molecule has 1 aliphatic rings. The van der Waals surface area contributed by atoms with Crippen LogP contribution in [0.25, 0.3) is 0 Å². The zero-order valence-electron chi connectivity index (χ0n) is 12.5. The zero-order chi connectivity index (χ0) is 13.7. The van der Waals surface area contributed by atoms with Crippen LogP contribution in [0, 0.1) is 5.92 Å². The van der Waals surface area contributed by atoms with Crippen LogP contribution in [0.15, 0.2) is 24.3 Å². The summed E-state index contributed by atoms with van der Waals surface area (Å²) < 4.78 is 5.90. The van der Waals surface area contributed by atoms with Gasteiger partial charge in [-0.15, -0.1) is 0 Å². The van der Waals surface area contributed by atoms with Crippen LogP contribution in [-0.2, 0) is 0 Å². The van der Waals surface area contributed by atoms with E-state index in [0.717, 1.165) is 18.2 Å². The van der Waals surface area contributed by atoms with Crippen molar-refractivity contribution in [2.75, 3.05) is 6.54 Å². The molecule has 1 aromatic rings. The van der Waals surface area contributed by atoms with Gasteiger partial charge in [0, 0.05) is 11.6 Å². The molecule has 2 heteroatoms. The molecule has 1 unspecified atom stereocenters. The summed E-state index contributed by atoms with van der Waals surface area (Å²) in [6.45, 7) is 7.52. The average Bonchev–Trinajstić information content (AvgIpc) is 2.89. The molecule has 0 saturated heterocycles. The summed E-state index contributed by atoms with van der Waals surface area (Å²) in [5.74, 6) is 1.89. The van der Waals surface area contributed by atoms with Crippen LogP contribution in [0.3, 0.4) is 0 Å². The Kier molecular flexibility index (Phi) is 5.26. The molecule has 1 saturated carbocycles. The highest BCUT2D eigenvalue weighted by Crippen LogP contribution is 2.28. The average molecular weight is 261 g/mol. The second-order valence-corrected chi connectivity index (χ2v) is 5.98. The molecule has 1 aliphatic carbocycles. The molecule has 2 rings (SSSR count). The molecule has 19 heavy (non-hydrogen) atoms. The van der Waals surface area contributed by atoms with Gasteiger partial charge in [-0.3, -0.25) is 0 Å². The van der Waals surface area contributed by atoms with E-state index >= 15 is 0 Å². The maximum absolute atomic E-state index is 5.90. The maximum atomic E-state index is 5.90. The lowest BCUT2D eigenvalue weighted by molar-refractivity contribution is 0.237. The lowest BCUT2D eigenvalue weighted by Crippen LogP contribution is -2.25. The van der Waals surface area contributed by atoms with E-state index in [2.05, 4.69) is 44.3 Å². The van der Waals surface area contributed by atoms with Crippen LogP contribution in [0.1, 0.15) is 58.1 Å². The molecule has 1 atom stereocenters. The molecule has 0 heterocycles. The van der Waals surface area contributed by atoms with E-state index in [9.17, 15) is 0 Å². The van der Waals surface area contributed by atoms with E-state index in [0.29, 0.717) is 6.04 Å². The molecule has 2 nitrogen and oxygen atoms in total. The number of nitrogens with one attached hydrogen (secondary N) is 1. The van der Waals surface area contributed by atoms with Crippen molar-refractivity contribution in [1.29, 1.82) is 0 Å². The zero-order valence-corrected chi connectivity index (χ0v) is 12.5. The maximum Gasteiger partial charge on any atom is 0.124 e. The second-order valence-electron chi connectivity index (χ2n) is 5.98. The van der Waals surface area contributed by atoms with Crippen molar-refractivity contribution in [3.63, 3.8) is 0 Å². The SMILES string of the molecule is CC(C)Oc1ccccc1C(C)NCC1CCCC1. The molecule has 0 spiro atoms. The first-order valence-electron chi connectivity index (χ1n) is 7.65. The van der Waals surface area contributed by atoms with Gasteiger partial charge < -0.3 is 10.1 Å². The Balaban J connectivity index is 1.95. The van der Waals surface area contributed by atoms with Crippen LogP contribution >= 0.6 is 0 Å². The topological polar surface area (TPSA) is 21.3 Å². The van der Waals surface area contributed by atoms with Gasteiger partial charge in [0.1, 0.15) is 5.75 Å². The number of ether oxygens (including phenoxy) is 1. The van der Waals surface area contributed by atoms with Crippen molar-refractivity contribution in [1.82, 2.24) is 5.32 Å². The highest BCUT2D eigenvalue weighted by molar-refractivity contribution is 5.35. The molecule has 1 fully saturated rings. The summed E-state index contributed by atoms with van der Waals surface area (Å²) in [6, 6.07) is 8.74. The quantitative estimate of drug-likeness (QED) is 0.823. The van der Waals surface area contributed by atoms with Crippen molar-refractivity contribution in [3.05, 3.63) is 29.8 Å². The first kappa shape index (κ1) is 14.4. The van der Waals surface area contributed by atoms with E-state index in [1.807, 2.05) is 6.07 Å². The molecular formula is C17H27NO. The smallest absolute Gasteiger partial charge is 0.124 e. The molecule has 0 aliphatic heterocycles. The highest BCUT2D eigenvalue weighted by atomic mass is 16.5. The van der Waals surface area contributed by atoms with E-state index in [-0.39, 0.29) is 6.10 Å². The molecule has 0 radical (unpaired) electrons. The van der Waals surface area contributed by atoms with Gasteiger partial charge in [0.2, 0.25) is 0 Å². The Labute approximate surface area is 117 Å². The van der Waals surface area contributed by atoms with Crippen molar-refractivity contribution in [3.8, 4) is 5.75 Å². The minimum atomic E-state index is 0.225. The second kappa shape index (κ2) is 6.95. The fourth-order valence-electron chi connectivity index (χ4n) is 2.87. The molecule has 0 aromatic heterocycles. The van der Waals surface area contributed by atoms with E-state index < -0.39 is 0 Å². The van der Waals surface area contributed by atoms with Gasteiger partial charge in [0.15, 0.2) is 0 Å². The van der Waals surface area contributed by atoms with E-state index in [1.165, 1.54) is 31.2 Å². The largest absolute Gasteiger partial charge is 0.491 e. The summed E-state index contributed by atoms with van der Waals surface area (Å²) in [5.41, 5.74) is 1.27. The van der Waals surface area contributed by atoms with E-state index in [4.69, 9.17) is 4.74 Å². The monoisotopic (exact) mass is 261 g/mol. The Bertz CT molecular complexity index is 383. The molecular weight excluding hydrogens is 234 g/mol. The molecule has 106 valence electrons. The molecule has 0 bridgehead atoms. The summed E-state index contributed by atoms with van der Waals surface area (Å²) in [4.78, 5) is 0. The number of rotatable bonds is 6. The third kappa shape index (κ3) is 4.24. The van der Waals surface area contributed by atoms with Crippen molar-refractivity contribution in [2.24, 2.45) is 5.92 Å². The van der Waals surface area contributed by atoms with Gasteiger partial charge >= 0.3 is 0 Å². The number of hydrogen-bond donors (Lipinski definition) is 1. The minimum Gasteiger partial charge on any atom is -0.491 e. The summed E-state index contributed by atoms with van der Waals surface area (Å²) in [5, 5.41) is 3.67. The number of benzene rings is 1. The molecule has 1 aromatic carbocycles. The lowest BCUT2D eigenvalue weighted by atomic mass is 10.0. The van der Waals surface area contributed by atoms with Gasteiger partial charge in [-0.25, -0.2) is 0 Å².